The summed E-state index contributed by atoms with van der Waals surface area (Å²) in [4.78, 5) is 19.4. The molecule has 0 saturated heterocycles. The van der Waals surface area contributed by atoms with E-state index in [1.807, 2.05) is 0 Å². The quantitative estimate of drug-likeness (QED) is 0.390. The lowest BCUT2D eigenvalue weighted by atomic mass is 10.4. The van der Waals surface area contributed by atoms with E-state index in [9.17, 15) is 14.9 Å². The summed E-state index contributed by atoms with van der Waals surface area (Å²) in [6, 6.07) is 0. The number of rotatable bonds is 4. The van der Waals surface area contributed by atoms with Gasteiger partial charge in [0.15, 0.2) is 5.69 Å². The minimum absolute atomic E-state index is 0.104. The van der Waals surface area contributed by atoms with Crippen LogP contribution in [0.4, 0.5) is 5.69 Å². The molecule has 0 bridgehead atoms. The molecule has 1 aromatic rings. The summed E-state index contributed by atoms with van der Waals surface area (Å²) in [7, 11) is 0. The second kappa shape index (κ2) is 3.46. The van der Waals surface area contributed by atoms with Crippen LogP contribution >= 0.6 is 0 Å². The third-order valence-electron chi connectivity index (χ3n) is 1.18. The third-order valence-corrected chi connectivity index (χ3v) is 1.18. The highest BCUT2D eigenvalue weighted by Gasteiger charge is 2.16. The lowest BCUT2D eigenvalue weighted by molar-refractivity contribution is -0.385. The summed E-state index contributed by atoms with van der Waals surface area (Å²) in [6.07, 6.45) is 1.13. The first kappa shape index (κ1) is 8.18. The molecule has 0 unspecified atom stereocenters. The molecule has 0 spiro atoms. The summed E-state index contributed by atoms with van der Waals surface area (Å²) in [5.74, 6) is 0. The lowest BCUT2D eigenvalue weighted by Crippen LogP contribution is -1.95. The molecule has 7 nitrogen and oxygen atoms in total. The zero-order valence-corrected chi connectivity index (χ0v) is 5.89. The number of nitrogens with one attached hydrogen (secondary N) is 1. The van der Waals surface area contributed by atoms with Gasteiger partial charge in [0.05, 0.1) is 11.1 Å². The van der Waals surface area contributed by atoms with Crippen molar-refractivity contribution in [3.63, 3.8) is 0 Å². The smallest absolute Gasteiger partial charge is 0.313 e. The molecular formula is C5H5N3O4. The lowest BCUT2D eigenvalue weighted by Gasteiger charge is -1.92. The Labute approximate surface area is 66.5 Å². The molecular weight excluding hydrogens is 166 g/mol. The molecule has 1 N–H and O–H groups in total. The van der Waals surface area contributed by atoms with Gasteiger partial charge in [0.2, 0.25) is 0 Å². The zero-order chi connectivity index (χ0) is 8.97. The van der Waals surface area contributed by atoms with Crippen molar-refractivity contribution in [2.75, 3.05) is 0 Å². The van der Waals surface area contributed by atoms with Crippen LogP contribution in [0.15, 0.2) is 6.20 Å². The van der Waals surface area contributed by atoms with Gasteiger partial charge in [-0.05, 0) is 0 Å². The number of nitrogens with zero attached hydrogens (tertiary/aromatic N) is 2. The van der Waals surface area contributed by atoms with Crippen molar-refractivity contribution in [2.45, 2.75) is 6.61 Å². The molecule has 0 fully saturated rings. The fourth-order valence-corrected chi connectivity index (χ4v) is 0.689. The molecule has 7 heteroatoms. The number of carbonyl (C=O) groups excluding carboxylic acids is 1. The van der Waals surface area contributed by atoms with E-state index in [0.717, 1.165) is 6.20 Å². The van der Waals surface area contributed by atoms with Crippen LogP contribution in [0.3, 0.4) is 0 Å². The van der Waals surface area contributed by atoms with Crippen LogP contribution in [0.5, 0.6) is 0 Å². The van der Waals surface area contributed by atoms with Crippen molar-refractivity contribution < 1.29 is 14.5 Å². The van der Waals surface area contributed by atoms with Crippen LogP contribution in [0.1, 0.15) is 5.69 Å². The number of hydrogen-bond donors (Lipinski definition) is 1. The number of aromatic nitrogens is 2. The molecule has 1 rings (SSSR count). The van der Waals surface area contributed by atoms with Crippen molar-refractivity contribution in [3.8, 4) is 0 Å². The maximum Gasteiger partial charge on any atom is 0.313 e. The maximum absolute atomic E-state index is 10.2. The van der Waals surface area contributed by atoms with E-state index in [2.05, 4.69) is 14.9 Å². The van der Waals surface area contributed by atoms with Crippen molar-refractivity contribution in [2.24, 2.45) is 0 Å². The van der Waals surface area contributed by atoms with Gasteiger partial charge in [0.1, 0.15) is 6.61 Å². The van der Waals surface area contributed by atoms with Crippen molar-refractivity contribution in [1.29, 1.82) is 0 Å². The van der Waals surface area contributed by atoms with Crippen LogP contribution in [0.25, 0.3) is 0 Å². The monoisotopic (exact) mass is 171 g/mol. The molecule has 64 valence electrons. The highest BCUT2D eigenvalue weighted by atomic mass is 16.6. The van der Waals surface area contributed by atoms with Crippen LogP contribution in [-0.2, 0) is 16.1 Å². The predicted molar refractivity (Wildman–Crippen MR) is 36.1 cm³/mol. The molecule has 0 aliphatic heterocycles. The maximum atomic E-state index is 10.2. The van der Waals surface area contributed by atoms with Crippen LogP contribution in [0, 0.1) is 10.1 Å². The first-order chi connectivity index (χ1) is 5.75. The first-order valence-electron chi connectivity index (χ1n) is 2.98. The molecule has 0 saturated carbocycles. The van der Waals surface area contributed by atoms with E-state index in [4.69, 9.17) is 0 Å². The number of carbonyl (C=O) groups is 1. The van der Waals surface area contributed by atoms with E-state index in [-0.39, 0.29) is 24.5 Å². The largest absolute Gasteiger partial charge is 0.461 e. The second-order valence-corrected chi connectivity index (χ2v) is 1.88. The fourth-order valence-electron chi connectivity index (χ4n) is 0.689. The van der Waals surface area contributed by atoms with Crippen molar-refractivity contribution in [3.05, 3.63) is 22.0 Å². The number of ether oxygens (including phenoxy) is 1. The Morgan fingerprint density at radius 2 is 2.58 bits per heavy atom. The minimum atomic E-state index is -0.604. The van der Waals surface area contributed by atoms with Gasteiger partial charge < -0.3 is 4.74 Å². The van der Waals surface area contributed by atoms with Gasteiger partial charge in [-0.25, -0.2) is 0 Å². The average molecular weight is 171 g/mol. The Hall–Kier alpha value is -1.92. The predicted octanol–water partition coefficient (Wildman–Crippen LogP) is -0.00910. The molecule has 0 amide bonds. The number of aromatic amines is 1. The average Bonchev–Trinajstić information content (AvgIpc) is 2.48. The summed E-state index contributed by atoms with van der Waals surface area (Å²) in [5.41, 5.74) is -0.0797. The van der Waals surface area contributed by atoms with Crippen LogP contribution in [0.2, 0.25) is 0 Å². The summed E-state index contributed by atoms with van der Waals surface area (Å²) >= 11 is 0. The van der Waals surface area contributed by atoms with E-state index in [0.29, 0.717) is 0 Å². The van der Waals surface area contributed by atoms with Crippen molar-refractivity contribution >= 4 is 12.2 Å². The molecule has 1 heterocycles. The van der Waals surface area contributed by atoms with E-state index < -0.39 is 4.92 Å². The first-order valence-corrected chi connectivity index (χ1v) is 2.98. The van der Waals surface area contributed by atoms with Gasteiger partial charge >= 0.3 is 5.69 Å². The second-order valence-electron chi connectivity index (χ2n) is 1.88. The topological polar surface area (TPSA) is 98.1 Å². The highest BCUT2D eigenvalue weighted by molar-refractivity contribution is 5.38. The Morgan fingerprint density at radius 3 is 3.17 bits per heavy atom. The fraction of sp³-hybridized carbons (Fsp3) is 0.200. The number of hydrogen-bond acceptors (Lipinski definition) is 5. The van der Waals surface area contributed by atoms with Gasteiger partial charge in [-0.2, -0.15) is 5.10 Å². The van der Waals surface area contributed by atoms with Crippen LogP contribution in [-0.4, -0.2) is 21.6 Å². The molecule has 0 aromatic carbocycles. The normalized spacial score (nSPS) is 9.33. The highest BCUT2D eigenvalue weighted by Crippen LogP contribution is 2.14. The third kappa shape index (κ3) is 1.57. The summed E-state index contributed by atoms with van der Waals surface area (Å²) in [5, 5.41) is 16.1. The Kier molecular flexibility index (Phi) is 2.36. The molecule has 0 aliphatic rings. The van der Waals surface area contributed by atoms with E-state index >= 15 is 0 Å². The van der Waals surface area contributed by atoms with Gasteiger partial charge in [-0.1, -0.05) is 0 Å². The Balaban J connectivity index is 2.76. The number of H-pyrrole nitrogens is 1. The molecule has 0 atom stereocenters. The summed E-state index contributed by atoms with van der Waals surface area (Å²) in [6.45, 7) is 0.0156. The summed E-state index contributed by atoms with van der Waals surface area (Å²) < 4.78 is 4.30. The standard InChI is InChI=1S/C5H5N3O4/c9-3-12-2-4-5(8(10)11)1-6-7-4/h1,3H,2H2,(H,6,7). The number of nitro groups is 1. The molecule has 1 aromatic heterocycles. The van der Waals surface area contributed by atoms with E-state index in [1.165, 1.54) is 0 Å². The SMILES string of the molecule is O=COCc1n[nH]cc1[N+](=O)[O-]. The minimum Gasteiger partial charge on any atom is -0.461 e. The van der Waals surface area contributed by atoms with Crippen LogP contribution < -0.4 is 0 Å². The zero-order valence-electron chi connectivity index (χ0n) is 5.89. The van der Waals surface area contributed by atoms with Gasteiger partial charge in [0.25, 0.3) is 6.47 Å². The molecule has 12 heavy (non-hydrogen) atoms. The van der Waals surface area contributed by atoms with E-state index in [1.54, 1.807) is 0 Å². The van der Waals surface area contributed by atoms with Gasteiger partial charge in [0, 0.05) is 0 Å². The van der Waals surface area contributed by atoms with Gasteiger partial charge in [-0.15, -0.1) is 0 Å². The molecule has 0 aliphatic carbocycles. The molecule has 0 radical (unpaired) electrons. The Bertz CT molecular complexity index is 295. The Morgan fingerprint density at radius 1 is 1.83 bits per heavy atom. The van der Waals surface area contributed by atoms with Gasteiger partial charge in [-0.3, -0.25) is 20.0 Å². The van der Waals surface area contributed by atoms with Crippen molar-refractivity contribution in [1.82, 2.24) is 10.2 Å².